The third-order valence-electron chi connectivity index (χ3n) is 4.66. The van der Waals surface area contributed by atoms with Crippen LogP contribution < -0.4 is 10.1 Å². The Morgan fingerprint density at radius 3 is 2.48 bits per heavy atom. The minimum absolute atomic E-state index is 0.0945. The zero-order valence-corrected chi connectivity index (χ0v) is 13.1. The minimum atomic E-state index is 0.0945. The van der Waals surface area contributed by atoms with Crippen molar-refractivity contribution in [1.29, 1.82) is 0 Å². The van der Waals surface area contributed by atoms with Gasteiger partial charge in [-0.1, -0.05) is 66.7 Å². The predicted octanol–water partition coefficient (Wildman–Crippen LogP) is 4.57. The van der Waals surface area contributed by atoms with Crippen LogP contribution in [0.3, 0.4) is 0 Å². The van der Waals surface area contributed by atoms with E-state index in [0.29, 0.717) is 5.92 Å². The molecule has 3 aromatic carbocycles. The lowest BCUT2D eigenvalue weighted by molar-refractivity contribution is 0.146. The highest BCUT2D eigenvalue weighted by Gasteiger charge is 2.28. The van der Waals surface area contributed by atoms with Crippen molar-refractivity contribution >= 4 is 10.8 Å². The molecule has 0 amide bonds. The lowest BCUT2D eigenvalue weighted by atomic mass is 9.94. The maximum absolute atomic E-state index is 6.56. The van der Waals surface area contributed by atoms with Gasteiger partial charge >= 0.3 is 0 Å². The summed E-state index contributed by atoms with van der Waals surface area (Å²) >= 11 is 0. The summed E-state index contributed by atoms with van der Waals surface area (Å²) in [5.74, 6) is 1.49. The van der Waals surface area contributed by atoms with Crippen LogP contribution in [0.15, 0.2) is 72.8 Å². The third kappa shape index (κ3) is 2.95. The molecule has 0 saturated carbocycles. The van der Waals surface area contributed by atoms with E-state index in [9.17, 15) is 0 Å². The molecule has 0 bridgehead atoms. The van der Waals surface area contributed by atoms with E-state index < -0.39 is 0 Å². The van der Waals surface area contributed by atoms with Crippen LogP contribution in [0.4, 0.5) is 0 Å². The van der Waals surface area contributed by atoms with E-state index in [2.05, 4.69) is 78.1 Å². The van der Waals surface area contributed by atoms with E-state index >= 15 is 0 Å². The second-order valence-electron chi connectivity index (χ2n) is 6.18. The van der Waals surface area contributed by atoms with Gasteiger partial charge in [0.05, 0.1) is 0 Å². The smallest absolute Gasteiger partial charge is 0.128 e. The van der Waals surface area contributed by atoms with E-state index in [1.807, 2.05) is 0 Å². The normalized spacial score (nSPS) is 18.9. The molecule has 2 atom stereocenters. The summed E-state index contributed by atoms with van der Waals surface area (Å²) in [4.78, 5) is 0. The van der Waals surface area contributed by atoms with Gasteiger partial charge in [0, 0.05) is 17.8 Å². The van der Waals surface area contributed by atoms with Gasteiger partial charge in [-0.05, 0) is 30.0 Å². The maximum Gasteiger partial charge on any atom is 0.128 e. The Hall–Kier alpha value is -2.32. The third-order valence-corrected chi connectivity index (χ3v) is 4.66. The van der Waals surface area contributed by atoms with Crippen molar-refractivity contribution in [2.45, 2.75) is 12.5 Å². The summed E-state index contributed by atoms with van der Waals surface area (Å²) in [6.07, 6.45) is 1.25. The first-order valence-electron chi connectivity index (χ1n) is 8.32. The molecule has 0 aliphatic carbocycles. The molecule has 2 unspecified atom stereocenters. The standard InChI is InChI=1S/C21H21NO/c1-2-8-17(9-3-1)21(18-13-14-22-15-18)23-20-12-6-10-16-7-4-5-11-19(16)20/h1-12,18,21-22H,13-15H2. The molecule has 0 radical (unpaired) electrons. The Balaban J connectivity index is 1.72. The summed E-state index contributed by atoms with van der Waals surface area (Å²) in [6, 6.07) is 25.3. The molecule has 23 heavy (non-hydrogen) atoms. The van der Waals surface area contributed by atoms with Crippen molar-refractivity contribution < 1.29 is 4.74 Å². The zero-order chi connectivity index (χ0) is 15.5. The topological polar surface area (TPSA) is 21.3 Å². The van der Waals surface area contributed by atoms with Gasteiger partial charge in [-0.15, -0.1) is 0 Å². The average Bonchev–Trinajstić information content (AvgIpc) is 3.15. The molecule has 2 nitrogen and oxygen atoms in total. The van der Waals surface area contributed by atoms with E-state index in [1.165, 1.54) is 16.3 Å². The van der Waals surface area contributed by atoms with Gasteiger partial charge in [-0.3, -0.25) is 0 Å². The highest BCUT2D eigenvalue weighted by molar-refractivity contribution is 5.88. The van der Waals surface area contributed by atoms with Gasteiger partial charge in [0.15, 0.2) is 0 Å². The van der Waals surface area contributed by atoms with Gasteiger partial charge in [-0.2, -0.15) is 0 Å². The summed E-state index contributed by atoms with van der Waals surface area (Å²) in [6.45, 7) is 2.09. The van der Waals surface area contributed by atoms with E-state index in [0.717, 1.165) is 25.3 Å². The van der Waals surface area contributed by atoms with Gasteiger partial charge in [0.1, 0.15) is 11.9 Å². The first-order valence-corrected chi connectivity index (χ1v) is 8.32. The molecule has 1 saturated heterocycles. The van der Waals surface area contributed by atoms with E-state index in [4.69, 9.17) is 4.74 Å². The van der Waals surface area contributed by atoms with E-state index in [-0.39, 0.29) is 6.10 Å². The Bertz CT molecular complexity index is 773. The predicted molar refractivity (Wildman–Crippen MR) is 94.7 cm³/mol. The van der Waals surface area contributed by atoms with Crippen LogP contribution in [-0.2, 0) is 0 Å². The van der Waals surface area contributed by atoms with Crippen LogP contribution in [0.2, 0.25) is 0 Å². The van der Waals surface area contributed by atoms with Crippen molar-refractivity contribution in [3.05, 3.63) is 78.4 Å². The maximum atomic E-state index is 6.56. The molecular formula is C21H21NO. The molecule has 0 spiro atoms. The molecule has 1 N–H and O–H groups in total. The van der Waals surface area contributed by atoms with Crippen molar-refractivity contribution in [2.24, 2.45) is 5.92 Å². The largest absolute Gasteiger partial charge is 0.485 e. The molecule has 116 valence electrons. The fraction of sp³-hybridized carbons (Fsp3) is 0.238. The van der Waals surface area contributed by atoms with Gasteiger partial charge in [0.25, 0.3) is 0 Å². The monoisotopic (exact) mass is 303 g/mol. The Kier molecular flexibility index (Phi) is 3.99. The first kappa shape index (κ1) is 14.3. The van der Waals surface area contributed by atoms with Gasteiger partial charge in [-0.25, -0.2) is 0 Å². The van der Waals surface area contributed by atoms with Crippen LogP contribution >= 0.6 is 0 Å². The van der Waals surface area contributed by atoms with Crippen LogP contribution in [0.25, 0.3) is 10.8 Å². The van der Waals surface area contributed by atoms with Gasteiger partial charge in [0.2, 0.25) is 0 Å². The molecule has 0 aromatic heterocycles. The second kappa shape index (κ2) is 6.43. The molecule has 2 heteroatoms. The van der Waals surface area contributed by atoms with Crippen LogP contribution in [0, 0.1) is 5.92 Å². The van der Waals surface area contributed by atoms with Crippen LogP contribution in [-0.4, -0.2) is 13.1 Å². The van der Waals surface area contributed by atoms with E-state index in [1.54, 1.807) is 0 Å². The number of ether oxygens (including phenoxy) is 1. The molecule has 1 fully saturated rings. The lowest BCUT2D eigenvalue weighted by Gasteiger charge is -2.25. The minimum Gasteiger partial charge on any atom is -0.485 e. The highest BCUT2D eigenvalue weighted by atomic mass is 16.5. The average molecular weight is 303 g/mol. The van der Waals surface area contributed by atoms with Gasteiger partial charge < -0.3 is 10.1 Å². The number of fused-ring (bicyclic) bond motifs is 1. The molecule has 1 aliphatic heterocycles. The van der Waals surface area contributed by atoms with Crippen molar-refractivity contribution in [3.8, 4) is 5.75 Å². The van der Waals surface area contributed by atoms with Crippen LogP contribution in [0.5, 0.6) is 5.75 Å². The molecule has 4 rings (SSSR count). The molecule has 1 aliphatic rings. The quantitative estimate of drug-likeness (QED) is 0.762. The van der Waals surface area contributed by atoms with Crippen molar-refractivity contribution in [1.82, 2.24) is 5.32 Å². The zero-order valence-electron chi connectivity index (χ0n) is 13.1. The first-order chi connectivity index (χ1) is 11.4. The SMILES string of the molecule is c1ccc(C(Oc2cccc3ccccc23)C2CCNC2)cc1. The fourth-order valence-corrected chi connectivity index (χ4v) is 3.45. The number of nitrogens with one attached hydrogen (secondary N) is 1. The summed E-state index contributed by atoms with van der Waals surface area (Å²) in [7, 11) is 0. The van der Waals surface area contributed by atoms with Crippen molar-refractivity contribution in [2.75, 3.05) is 13.1 Å². The van der Waals surface area contributed by atoms with Crippen molar-refractivity contribution in [3.63, 3.8) is 0 Å². The fourth-order valence-electron chi connectivity index (χ4n) is 3.45. The summed E-state index contributed by atoms with van der Waals surface area (Å²) < 4.78 is 6.56. The number of rotatable bonds is 4. The lowest BCUT2D eigenvalue weighted by Crippen LogP contribution is -2.21. The Morgan fingerprint density at radius 2 is 1.65 bits per heavy atom. The number of benzene rings is 3. The summed E-state index contributed by atoms with van der Waals surface area (Å²) in [5, 5.41) is 5.87. The number of hydrogen-bond donors (Lipinski definition) is 1. The Morgan fingerprint density at radius 1 is 0.870 bits per heavy atom. The highest BCUT2D eigenvalue weighted by Crippen LogP contribution is 2.35. The molecule has 1 heterocycles. The molecule has 3 aromatic rings. The molecular weight excluding hydrogens is 282 g/mol. The Labute approximate surface area is 137 Å². The number of hydrogen-bond acceptors (Lipinski definition) is 2. The summed E-state index contributed by atoms with van der Waals surface area (Å²) in [5.41, 5.74) is 1.26. The second-order valence-corrected chi connectivity index (χ2v) is 6.18. The van der Waals surface area contributed by atoms with Crippen LogP contribution in [0.1, 0.15) is 18.1 Å².